The zero-order chi connectivity index (χ0) is 18.7. The number of piperidine rings is 1. The van der Waals surface area contributed by atoms with Gasteiger partial charge in [0.05, 0.1) is 0 Å². The van der Waals surface area contributed by atoms with Crippen molar-refractivity contribution in [1.29, 1.82) is 0 Å². The highest BCUT2D eigenvalue weighted by Crippen LogP contribution is 2.27. The second-order valence-corrected chi connectivity index (χ2v) is 8.24. The normalized spacial score (nSPS) is 15.7. The summed E-state index contributed by atoms with van der Waals surface area (Å²) < 4.78 is 5.39. The molecule has 0 bridgehead atoms. The van der Waals surface area contributed by atoms with Crippen LogP contribution in [0.25, 0.3) is 10.6 Å². The Morgan fingerprint density at radius 2 is 1.96 bits per heavy atom. The van der Waals surface area contributed by atoms with Crippen LogP contribution in [0, 0.1) is 5.92 Å². The molecule has 2 aromatic rings. The highest BCUT2D eigenvalue weighted by Gasteiger charge is 2.31. The van der Waals surface area contributed by atoms with Gasteiger partial charge in [0.15, 0.2) is 10.8 Å². The zero-order valence-electron chi connectivity index (χ0n) is 15.1. The molecule has 1 amide bonds. The van der Waals surface area contributed by atoms with E-state index in [0.717, 1.165) is 5.56 Å². The third kappa shape index (κ3) is 4.43. The van der Waals surface area contributed by atoms with Crippen molar-refractivity contribution in [1.82, 2.24) is 20.1 Å². The van der Waals surface area contributed by atoms with Crippen molar-refractivity contribution in [3.63, 3.8) is 0 Å². The number of amides is 1. The minimum Gasteiger partial charge on any atom is -0.444 e. The topological polar surface area (TPSA) is 85.3 Å². The summed E-state index contributed by atoms with van der Waals surface area (Å²) >= 11 is 1.29. The van der Waals surface area contributed by atoms with Crippen LogP contribution in [0.15, 0.2) is 24.5 Å². The van der Waals surface area contributed by atoms with Crippen molar-refractivity contribution < 1.29 is 14.3 Å². The molecule has 3 heterocycles. The molecule has 1 saturated heterocycles. The van der Waals surface area contributed by atoms with Crippen LogP contribution in [-0.2, 0) is 4.74 Å². The van der Waals surface area contributed by atoms with Gasteiger partial charge in [0.2, 0.25) is 0 Å². The van der Waals surface area contributed by atoms with Gasteiger partial charge in [0.25, 0.3) is 0 Å². The van der Waals surface area contributed by atoms with Crippen molar-refractivity contribution in [3.05, 3.63) is 29.5 Å². The summed E-state index contributed by atoms with van der Waals surface area (Å²) in [6.45, 7) is 6.56. The lowest BCUT2D eigenvalue weighted by molar-refractivity contribution is 0.0182. The Kier molecular flexibility index (Phi) is 5.31. The first-order valence-electron chi connectivity index (χ1n) is 8.59. The average molecular weight is 374 g/mol. The van der Waals surface area contributed by atoms with Crippen molar-refractivity contribution in [2.75, 3.05) is 13.1 Å². The first kappa shape index (κ1) is 18.4. The number of hydrogen-bond acceptors (Lipinski definition) is 7. The van der Waals surface area contributed by atoms with Crippen molar-refractivity contribution >= 4 is 23.2 Å². The molecule has 0 spiro atoms. The summed E-state index contributed by atoms with van der Waals surface area (Å²) in [6, 6.07) is 3.71. The summed E-state index contributed by atoms with van der Waals surface area (Å²) in [5.74, 6) is -0.134. The second kappa shape index (κ2) is 7.49. The molecule has 0 saturated carbocycles. The first-order valence-corrected chi connectivity index (χ1v) is 9.41. The number of ketones is 1. The van der Waals surface area contributed by atoms with Gasteiger partial charge >= 0.3 is 6.09 Å². The Hall–Kier alpha value is -2.35. The maximum Gasteiger partial charge on any atom is 0.410 e. The van der Waals surface area contributed by atoms with Crippen LogP contribution in [-0.4, -0.2) is 50.6 Å². The molecule has 138 valence electrons. The monoisotopic (exact) mass is 374 g/mol. The van der Waals surface area contributed by atoms with Gasteiger partial charge in [-0.15, -0.1) is 10.2 Å². The Balaban J connectivity index is 1.59. The number of ether oxygens (including phenoxy) is 1. The number of pyridine rings is 1. The maximum absolute atomic E-state index is 12.7. The summed E-state index contributed by atoms with van der Waals surface area (Å²) in [4.78, 5) is 30.5. The fraction of sp³-hybridized carbons (Fsp3) is 0.500. The van der Waals surface area contributed by atoms with Crippen molar-refractivity contribution in [3.8, 4) is 10.6 Å². The Morgan fingerprint density at radius 1 is 1.23 bits per heavy atom. The van der Waals surface area contributed by atoms with Gasteiger partial charge in [-0.1, -0.05) is 11.3 Å². The standard InChI is InChI=1S/C18H22N4O3S/c1-18(2,3)25-17(24)22-9-6-12(7-10-22)14(23)16-21-20-15(26-16)13-5-4-8-19-11-13/h4-5,8,11-12H,6-7,9-10H2,1-3H3. The number of nitrogens with zero attached hydrogens (tertiary/aromatic N) is 4. The average Bonchev–Trinajstić information content (AvgIpc) is 3.11. The minimum absolute atomic E-state index is 0.00137. The number of rotatable bonds is 3. The molecule has 0 unspecified atom stereocenters. The number of carbonyl (C=O) groups excluding carboxylic acids is 2. The molecular weight excluding hydrogens is 352 g/mol. The molecular formula is C18H22N4O3S. The largest absolute Gasteiger partial charge is 0.444 e. The molecule has 26 heavy (non-hydrogen) atoms. The van der Waals surface area contributed by atoms with Crippen LogP contribution >= 0.6 is 11.3 Å². The third-order valence-electron chi connectivity index (χ3n) is 4.06. The van der Waals surface area contributed by atoms with E-state index in [2.05, 4.69) is 15.2 Å². The van der Waals surface area contributed by atoms with Crippen molar-refractivity contribution in [2.45, 2.75) is 39.2 Å². The molecule has 0 radical (unpaired) electrons. The molecule has 1 aliphatic rings. The molecule has 2 aromatic heterocycles. The molecule has 0 N–H and O–H groups in total. The van der Waals surface area contributed by atoms with E-state index < -0.39 is 5.60 Å². The number of hydrogen-bond donors (Lipinski definition) is 0. The molecule has 0 atom stereocenters. The van der Waals surface area contributed by atoms with Gasteiger partial charge in [0.1, 0.15) is 10.6 Å². The molecule has 8 heteroatoms. The Labute approximate surface area is 156 Å². The number of Topliss-reactive ketones (excluding diaryl/α,β-unsaturated/α-hetero) is 1. The van der Waals surface area contributed by atoms with Gasteiger partial charge in [-0.2, -0.15) is 0 Å². The molecule has 0 aliphatic carbocycles. The number of carbonyl (C=O) groups is 2. The van der Waals surface area contributed by atoms with Crippen molar-refractivity contribution in [2.24, 2.45) is 5.92 Å². The lowest BCUT2D eigenvalue weighted by Gasteiger charge is -2.32. The number of likely N-dealkylation sites (tertiary alicyclic amines) is 1. The van der Waals surface area contributed by atoms with E-state index in [1.807, 2.05) is 32.9 Å². The molecule has 3 rings (SSSR count). The van der Waals surface area contributed by atoms with E-state index in [4.69, 9.17) is 4.74 Å². The SMILES string of the molecule is CC(C)(C)OC(=O)N1CCC(C(=O)c2nnc(-c3cccnc3)s2)CC1. The van der Waals surface area contributed by atoms with Crippen LogP contribution < -0.4 is 0 Å². The smallest absolute Gasteiger partial charge is 0.410 e. The first-order chi connectivity index (χ1) is 12.3. The highest BCUT2D eigenvalue weighted by molar-refractivity contribution is 7.16. The Bertz CT molecular complexity index is 777. The summed E-state index contributed by atoms with van der Waals surface area (Å²) in [5.41, 5.74) is 0.336. The van der Waals surface area contributed by atoms with Gasteiger partial charge in [-0.05, 0) is 45.7 Å². The van der Waals surface area contributed by atoms with Crippen LogP contribution in [0.4, 0.5) is 4.79 Å². The predicted octanol–water partition coefficient (Wildman–Crippen LogP) is 3.43. The molecule has 1 fully saturated rings. The lowest BCUT2D eigenvalue weighted by Crippen LogP contribution is -2.43. The van der Waals surface area contributed by atoms with Gasteiger partial charge in [-0.3, -0.25) is 9.78 Å². The quantitative estimate of drug-likeness (QED) is 0.765. The van der Waals surface area contributed by atoms with Crippen LogP contribution in [0.1, 0.15) is 43.4 Å². The van der Waals surface area contributed by atoms with Gasteiger partial charge < -0.3 is 9.64 Å². The Morgan fingerprint density at radius 3 is 2.58 bits per heavy atom. The van der Waals surface area contributed by atoms with Crippen LogP contribution in [0.3, 0.4) is 0 Å². The molecule has 0 aromatic carbocycles. The highest BCUT2D eigenvalue weighted by atomic mass is 32.1. The van der Waals surface area contributed by atoms with Gasteiger partial charge in [0, 0.05) is 37.0 Å². The fourth-order valence-corrected chi connectivity index (χ4v) is 3.61. The summed E-state index contributed by atoms with van der Waals surface area (Å²) in [6.07, 6.45) is 4.29. The fourth-order valence-electron chi connectivity index (χ4n) is 2.75. The summed E-state index contributed by atoms with van der Waals surface area (Å²) in [5, 5.41) is 9.27. The van der Waals surface area contributed by atoms with E-state index in [1.54, 1.807) is 17.3 Å². The van der Waals surface area contributed by atoms with Gasteiger partial charge in [-0.25, -0.2) is 4.79 Å². The molecule has 1 aliphatic heterocycles. The predicted molar refractivity (Wildman–Crippen MR) is 98.0 cm³/mol. The molecule has 7 nitrogen and oxygen atoms in total. The van der Waals surface area contributed by atoms with Crippen LogP contribution in [0.5, 0.6) is 0 Å². The minimum atomic E-state index is -0.515. The van der Waals surface area contributed by atoms with E-state index in [0.29, 0.717) is 35.9 Å². The third-order valence-corrected chi connectivity index (χ3v) is 5.05. The zero-order valence-corrected chi connectivity index (χ0v) is 16.0. The van der Waals surface area contributed by atoms with E-state index >= 15 is 0 Å². The van der Waals surface area contributed by atoms with Crippen LogP contribution in [0.2, 0.25) is 0 Å². The maximum atomic E-state index is 12.7. The van der Waals surface area contributed by atoms with E-state index in [1.165, 1.54) is 11.3 Å². The lowest BCUT2D eigenvalue weighted by atomic mass is 9.93. The number of aromatic nitrogens is 3. The van der Waals surface area contributed by atoms with E-state index in [-0.39, 0.29) is 17.8 Å². The van der Waals surface area contributed by atoms with E-state index in [9.17, 15) is 9.59 Å². The summed E-state index contributed by atoms with van der Waals surface area (Å²) in [7, 11) is 0. The second-order valence-electron chi connectivity index (χ2n) is 7.26.